The number of carbonyl (C=O) groups excluding carboxylic acids is 1. The highest BCUT2D eigenvalue weighted by atomic mass is 79.9. The number of amides is 1. The molecular formula is C13H14BrF2NO2. The van der Waals surface area contributed by atoms with Crippen molar-refractivity contribution in [1.82, 2.24) is 5.32 Å². The first-order chi connectivity index (χ1) is 8.98. The van der Waals surface area contributed by atoms with Crippen LogP contribution in [0.25, 0.3) is 0 Å². The zero-order chi connectivity index (χ0) is 14.0. The molecule has 1 aromatic rings. The fourth-order valence-electron chi connectivity index (χ4n) is 2.54. The number of halogens is 3. The van der Waals surface area contributed by atoms with Crippen molar-refractivity contribution in [2.45, 2.75) is 31.0 Å². The van der Waals surface area contributed by atoms with Crippen LogP contribution in [0.15, 0.2) is 28.7 Å². The quantitative estimate of drug-likeness (QED) is 0.920. The van der Waals surface area contributed by atoms with E-state index in [4.69, 9.17) is 0 Å². The lowest BCUT2D eigenvalue weighted by molar-refractivity contribution is -0.197. The van der Waals surface area contributed by atoms with Crippen LogP contribution >= 0.6 is 15.9 Å². The summed E-state index contributed by atoms with van der Waals surface area (Å²) >= 11 is 3.35. The smallest absolute Gasteiger partial charge is 0.345 e. The van der Waals surface area contributed by atoms with Gasteiger partial charge in [0, 0.05) is 11.5 Å². The molecule has 1 fully saturated rings. The molecule has 0 atom stereocenters. The third-order valence-corrected chi connectivity index (χ3v) is 3.98. The van der Waals surface area contributed by atoms with Crippen molar-refractivity contribution >= 4 is 21.8 Å². The molecule has 0 aliphatic heterocycles. The Bertz CT molecular complexity index is 475. The lowest BCUT2D eigenvalue weighted by Crippen LogP contribution is -2.55. The van der Waals surface area contributed by atoms with Gasteiger partial charge >= 0.3 is 6.61 Å². The van der Waals surface area contributed by atoms with E-state index in [-0.39, 0.29) is 18.7 Å². The molecule has 1 amide bonds. The second-order valence-electron chi connectivity index (χ2n) is 4.60. The van der Waals surface area contributed by atoms with Gasteiger partial charge in [0.2, 0.25) is 5.91 Å². The van der Waals surface area contributed by atoms with E-state index in [2.05, 4.69) is 26.0 Å². The van der Waals surface area contributed by atoms with Gasteiger partial charge in [-0.2, -0.15) is 8.78 Å². The number of rotatable bonds is 4. The standard InChI is InChI=1S/C13H14BrF2NO2/c1-17-11(18)13(6-10(7-13)19-12(15)16)8-3-2-4-9(14)5-8/h2-5,10,12H,6-7H2,1H3,(H,17,18)/t10-,13+. The predicted octanol–water partition coefficient (Wildman–Crippen LogP) is 2.83. The second kappa shape index (κ2) is 5.54. The van der Waals surface area contributed by atoms with Crippen LogP contribution in [0.2, 0.25) is 0 Å². The van der Waals surface area contributed by atoms with E-state index in [1.54, 1.807) is 7.05 Å². The number of likely N-dealkylation sites (N-methyl/N-ethyl adjacent to an activating group) is 1. The molecular weight excluding hydrogens is 320 g/mol. The lowest BCUT2D eigenvalue weighted by atomic mass is 9.62. The number of benzene rings is 1. The van der Waals surface area contributed by atoms with Crippen LogP contribution in [0.3, 0.4) is 0 Å². The molecule has 19 heavy (non-hydrogen) atoms. The van der Waals surface area contributed by atoms with E-state index in [0.717, 1.165) is 10.0 Å². The van der Waals surface area contributed by atoms with Gasteiger partial charge in [-0.25, -0.2) is 0 Å². The van der Waals surface area contributed by atoms with Crippen LogP contribution in [0, 0.1) is 0 Å². The molecule has 0 aromatic heterocycles. The van der Waals surface area contributed by atoms with Gasteiger partial charge in [-0.05, 0) is 30.5 Å². The normalized spacial score (nSPS) is 26.1. The van der Waals surface area contributed by atoms with Gasteiger partial charge in [0.1, 0.15) is 0 Å². The number of hydrogen-bond donors (Lipinski definition) is 1. The van der Waals surface area contributed by atoms with Gasteiger partial charge in [0.15, 0.2) is 0 Å². The number of nitrogens with one attached hydrogen (secondary N) is 1. The zero-order valence-corrected chi connectivity index (χ0v) is 11.9. The Hall–Kier alpha value is -1.01. The van der Waals surface area contributed by atoms with Crippen molar-refractivity contribution in [3.8, 4) is 0 Å². The number of hydrogen-bond acceptors (Lipinski definition) is 2. The minimum Gasteiger partial charge on any atom is -0.358 e. The van der Waals surface area contributed by atoms with Gasteiger partial charge < -0.3 is 10.1 Å². The number of alkyl halides is 2. The molecule has 0 spiro atoms. The first kappa shape index (κ1) is 14.4. The molecule has 0 unspecified atom stereocenters. The fraction of sp³-hybridized carbons (Fsp3) is 0.462. The molecule has 1 aliphatic carbocycles. The Morgan fingerprint density at radius 2 is 2.21 bits per heavy atom. The molecule has 1 saturated carbocycles. The average molecular weight is 334 g/mol. The van der Waals surface area contributed by atoms with E-state index in [0.29, 0.717) is 0 Å². The highest BCUT2D eigenvalue weighted by Gasteiger charge is 2.52. The minimum absolute atomic E-state index is 0.167. The topological polar surface area (TPSA) is 38.3 Å². The SMILES string of the molecule is CNC(=O)[C@]1(c2cccc(Br)c2)C[C@H](OC(F)F)C1. The van der Waals surface area contributed by atoms with Gasteiger partial charge in [0.25, 0.3) is 0 Å². The summed E-state index contributed by atoms with van der Waals surface area (Å²) < 4.78 is 29.7. The maximum Gasteiger partial charge on any atom is 0.345 e. The third kappa shape index (κ3) is 2.79. The molecule has 0 radical (unpaired) electrons. The second-order valence-corrected chi connectivity index (χ2v) is 5.51. The minimum atomic E-state index is -2.80. The molecule has 1 aromatic carbocycles. The Balaban J connectivity index is 2.22. The van der Waals surface area contributed by atoms with Crippen LogP contribution < -0.4 is 5.32 Å². The summed E-state index contributed by atoms with van der Waals surface area (Å²) in [6.07, 6.45) is -0.0303. The van der Waals surface area contributed by atoms with Crippen molar-refractivity contribution in [2.24, 2.45) is 0 Å². The molecule has 1 aliphatic rings. The summed E-state index contributed by atoms with van der Waals surface area (Å²) in [6, 6.07) is 7.35. The van der Waals surface area contributed by atoms with E-state index in [1.165, 1.54) is 0 Å². The molecule has 2 rings (SSSR count). The van der Waals surface area contributed by atoms with E-state index in [9.17, 15) is 13.6 Å². The van der Waals surface area contributed by atoms with Gasteiger partial charge in [-0.1, -0.05) is 28.1 Å². The van der Waals surface area contributed by atoms with E-state index >= 15 is 0 Å². The molecule has 1 N–H and O–H groups in total. The molecule has 0 saturated heterocycles. The van der Waals surface area contributed by atoms with Crippen LogP contribution in [-0.2, 0) is 14.9 Å². The Kier molecular flexibility index (Phi) is 4.20. The molecule has 6 heteroatoms. The Morgan fingerprint density at radius 1 is 1.53 bits per heavy atom. The predicted molar refractivity (Wildman–Crippen MR) is 70.0 cm³/mol. The maximum absolute atomic E-state index is 12.2. The van der Waals surface area contributed by atoms with E-state index < -0.39 is 18.1 Å². The maximum atomic E-state index is 12.2. The molecule has 0 heterocycles. The van der Waals surface area contributed by atoms with Crippen LogP contribution in [0.1, 0.15) is 18.4 Å². The summed E-state index contributed by atoms with van der Waals surface area (Å²) in [7, 11) is 1.55. The van der Waals surface area contributed by atoms with Crippen molar-refractivity contribution in [3.05, 3.63) is 34.3 Å². The summed E-state index contributed by atoms with van der Waals surface area (Å²) in [4.78, 5) is 12.1. The van der Waals surface area contributed by atoms with Gasteiger partial charge in [-0.3, -0.25) is 4.79 Å². The number of ether oxygens (including phenoxy) is 1. The fourth-order valence-corrected chi connectivity index (χ4v) is 2.94. The van der Waals surface area contributed by atoms with Crippen LogP contribution in [0.5, 0.6) is 0 Å². The average Bonchev–Trinajstić information content (AvgIpc) is 2.32. The van der Waals surface area contributed by atoms with Crippen molar-refractivity contribution in [1.29, 1.82) is 0 Å². The lowest BCUT2D eigenvalue weighted by Gasteiger charge is -2.45. The molecule has 3 nitrogen and oxygen atoms in total. The van der Waals surface area contributed by atoms with Gasteiger partial charge in [0.05, 0.1) is 11.5 Å². The van der Waals surface area contributed by atoms with Crippen molar-refractivity contribution < 1.29 is 18.3 Å². The van der Waals surface area contributed by atoms with Gasteiger partial charge in [-0.15, -0.1) is 0 Å². The van der Waals surface area contributed by atoms with Crippen LogP contribution in [-0.4, -0.2) is 25.7 Å². The summed E-state index contributed by atoms with van der Waals surface area (Å²) in [5.74, 6) is -0.167. The monoisotopic (exact) mass is 333 g/mol. The highest BCUT2D eigenvalue weighted by molar-refractivity contribution is 9.10. The summed E-state index contributed by atoms with van der Waals surface area (Å²) in [5.41, 5.74) is 0.0493. The molecule has 0 bridgehead atoms. The Morgan fingerprint density at radius 3 is 2.74 bits per heavy atom. The first-order valence-corrected chi connectivity index (χ1v) is 6.69. The summed E-state index contributed by atoms with van der Waals surface area (Å²) in [6.45, 7) is -2.80. The third-order valence-electron chi connectivity index (χ3n) is 3.49. The highest BCUT2D eigenvalue weighted by Crippen LogP contribution is 2.46. The largest absolute Gasteiger partial charge is 0.358 e. The van der Waals surface area contributed by atoms with Crippen molar-refractivity contribution in [2.75, 3.05) is 7.05 Å². The first-order valence-electron chi connectivity index (χ1n) is 5.90. The zero-order valence-electron chi connectivity index (χ0n) is 10.3. The van der Waals surface area contributed by atoms with Crippen molar-refractivity contribution in [3.63, 3.8) is 0 Å². The van der Waals surface area contributed by atoms with E-state index in [1.807, 2.05) is 24.3 Å². The summed E-state index contributed by atoms with van der Waals surface area (Å²) in [5, 5.41) is 2.60. The molecule has 104 valence electrons. The Labute approximate surface area is 118 Å². The van der Waals surface area contributed by atoms with Crippen LogP contribution in [0.4, 0.5) is 8.78 Å². The number of carbonyl (C=O) groups is 1.